The summed E-state index contributed by atoms with van der Waals surface area (Å²) in [6.45, 7) is 2.35. The zero-order chi connectivity index (χ0) is 18.6. The molecule has 0 aromatic rings. The second-order valence-electron chi connectivity index (χ2n) is 7.28. The number of carbonyl (C=O) groups excluding carboxylic acids is 1. The molecule has 0 bridgehead atoms. The number of aliphatic hydroxyl groups is 2. The van der Waals surface area contributed by atoms with Crippen LogP contribution in [0, 0.1) is 0 Å². The molecule has 0 aliphatic heterocycles. The lowest BCUT2D eigenvalue weighted by Crippen LogP contribution is -2.36. The van der Waals surface area contributed by atoms with E-state index in [1.165, 1.54) is 70.6 Å². The number of hydrogen-bond acceptors (Lipinski definition) is 3. The van der Waals surface area contributed by atoms with Crippen LogP contribution in [-0.2, 0) is 4.79 Å². The Morgan fingerprint density at radius 1 is 0.720 bits per heavy atom. The fraction of sp³-hybridized carbons (Fsp3) is 0.952. The first kappa shape index (κ1) is 24.4. The van der Waals surface area contributed by atoms with Gasteiger partial charge in [0.05, 0.1) is 0 Å². The molecule has 0 aliphatic carbocycles. The average Bonchev–Trinajstić information content (AvgIpc) is 2.59. The highest BCUT2D eigenvalue weighted by Crippen LogP contribution is 2.13. The molecule has 0 fully saturated rings. The highest BCUT2D eigenvalue weighted by atomic mass is 16.3. The smallest absolute Gasteiger partial charge is 0.220 e. The average molecular weight is 358 g/mol. The second-order valence-corrected chi connectivity index (χ2v) is 7.28. The van der Waals surface area contributed by atoms with Gasteiger partial charge in [0.25, 0.3) is 0 Å². The maximum atomic E-state index is 11.8. The zero-order valence-electron chi connectivity index (χ0n) is 16.6. The quantitative estimate of drug-likeness (QED) is 0.293. The summed E-state index contributed by atoms with van der Waals surface area (Å²) in [4.78, 5) is 11.8. The van der Waals surface area contributed by atoms with Gasteiger partial charge in [-0.2, -0.15) is 0 Å². The van der Waals surface area contributed by atoms with E-state index in [2.05, 4.69) is 12.2 Å². The normalized spacial score (nSPS) is 11.2. The van der Waals surface area contributed by atoms with Crippen molar-refractivity contribution in [3.05, 3.63) is 0 Å². The lowest BCUT2D eigenvalue weighted by atomic mass is 10.0. The van der Waals surface area contributed by atoms with Crippen LogP contribution in [0.25, 0.3) is 0 Å². The van der Waals surface area contributed by atoms with Crippen molar-refractivity contribution in [2.24, 2.45) is 0 Å². The minimum Gasteiger partial charge on any atom is -0.396 e. The molecule has 0 aliphatic rings. The van der Waals surface area contributed by atoms with E-state index < -0.39 is 0 Å². The Labute approximate surface area is 155 Å². The Balaban J connectivity index is 3.33. The van der Waals surface area contributed by atoms with Gasteiger partial charge < -0.3 is 15.5 Å². The van der Waals surface area contributed by atoms with Crippen molar-refractivity contribution in [3.8, 4) is 0 Å². The fourth-order valence-electron chi connectivity index (χ4n) is 3.20. The van der Waals surface area contributed by atoms with Crippen LogP contribution < -0.4 is 5.32 Å². The number of nitrogens with one attached hydrogen (secondary N) is 1. The molecule has 0 aromatic heterocycles. The number of amides is 1. The van der Waals surface area contributed by atoms with Gasteiger partial charge in [-0.05, 0) is 19.3 Å². The van der Waals surface area contributed by atoms with Crippen LogP contribution in [0.1, 0.15) is 110 Å². The monoisotopic (exact) mass is 357 g/mol. The molecule has 3 N–H and O–H groups in total. The molecule has 0 spiro atoms. The molecule has 0 saturated carbocycles. The number of hydrogen-bond donors (Lipinski definition) is 3. The Morgan fingerprint density at radius 2 is 1.12 bits per heavy atom. The molecule has 0 aromatic carbocycles. The van der Waals surface area contributed by atoms with Gasteiger partial charge in [-0.1, -0.05) is 84.0 Å². The van der Waals surface area contributed by atoms with E-state index in [0.717, 1.165) is 12.8 Å². The van der Waals surface area contributed by atoms with Gasteiger partial charge in [0.1, 0.15) is 0 Å². The first-order valence-corrected chi connectivity index (χ1v) is 10.8. The third kappa shape index (κ3) is 18.0. The molecule has 0 saturated heterocycles. The summed E-state index contributed by atoms with van der Waals surface area (Å²) in [7, 11) is 0. The van der Waals surface area contributed by atoms with Gasteiger partial charge in [0, 0.05) is 25.7 Å². The minimum absolute atomic E-state index is 0.0453. The summed E-state index contributed by atoms with van der Waals surface area (Å²) >= 11 is 0. The third-order valence-electron chi connectivity index (χ3n) is 4.83. The van der Waals surface area contributed by atoms with Crippen molar-refractivity contribution in [1.29, 1.82) is 0 Å². The Bertz CT molecular complexity index is 278. The summed E-state index contributed by atoms with van der Waals surface area (Å²) in [5.41, 5.74) is 0. The van der Waals surface area contributed by atoms with Crippen LogP contribution in [0.2, 0.25) is 0 Å². The van der Waals surface area contributed by atoms with E-state index in [1.807, 2.05) is 0 Å². The molecule has 150 valence electrons. The largest absolute Gasteiger partial charge is 0.396 e. The van der Waals surface area contributed by atoms with Crippen LogP contribution >= 0.6 is 0 Å². The number of unbranched alkanes of at least 4 members (excludes halogenated alkanes) is 12. The van der Waals surface area contributed by atoms with E-state index in [4.69, 9.17) is 10.2 Å². The highest BCUT2D eigenvalue weighted by Gasteiger charge is 2.10. The van der Waals surface area contributed by atoms with Gasteiger partial charge in [0.15, 0.2) is 0 Å². The van der Waals surface area contributed by atoms with Crippen molar-refractivity contribution >= 4 is 5.91 Å². The summed E-state index contributed by atoms with van der Waals surface area (Å²) < 4.78 is 0. The van der Waals surface area contributed by atoms with E-state index in [9.17, 15) is 4.79 Å². The summed E-state index contributed by atoms with van der Waals surface area (Å²) in [5.74, 6) is 0.0509. The molecule has 0 heterocycles. The highest BCUT2D eigenvalue weighted by molar-refractivity contribution is 5.76. The molecule has 1 amide bonds. The van der Waals surface area contributed by atoms with Crippen molar-refractivity contribution < 1.29 is 15.0 Å². The maximum Gasteiger partial charge on any atom is 0.220 e. The van der Waals surface area contributed by atoms with Gasteiger partial charge >= 0.3 is 0 Å². The van der Waals surface area contributed by atoms with Crippen LogP contribution in [0.5, 0.6) is 0 Å². The van der Waals surface area contributed by atoms with Crippen molar-refractivity contribution in [2.75, 3.05) is 13.2 Å². The molecular weight excluding hydrogens is 314 g/mol. The molecule has 4 heteroatoms. The van der Waals surface area contributed by atoms with Crippen molar-refractivity contribution in [3.63, 3.8) is 0 Å². The molecule has 25 heavy (non-hydrogen) atoms. The van der Waals surface area contributed by atoms with Crippen molar-refractivity contribution in [2.45, 2.75) is 116 Å². The zero-order valence-corrected chi connectivity index (χ0v) is 16.6. The molecule has 0 unspecified atom stereocenters. The molecule has 4 nitrogen and oxygen atoms in total. The topological polar surface area (TPSA) is 69.6 Å². The molecule has 0 radical (unpaired) electrons. The Morgan fingerprint density at radius 3 is 1.52 bits per heavy atom. The Hall–Kier alpha value is -0.610. The standard InChI is InChI=1S/C21H43NO3/c1-2-3-4-5-6-7-8-9-10-11-12-13-14-15-21(25)22-20(16-18-23)17-19-24/h20,23-24H,2-19H2,1H3,(H,22,25). The van der Waals surface area contributed by atoms with Crippen LogP contribution in [0.3, 0.4) is 0 Å². The van der Waals surface area contributed by atoms with Gasteiger partial charge in [-0.25, -0.2) is 0 Å². The van der Waals surface area contributed by atoms with Crippen LogP contribution in [-0.4, -0.2) is 35.4 Å². The lowest BCUT2D eigenvalue weighted by Gasteiger charge is -2.16. The fourth-order valence-corrected chi connectivity index (χ4v) is 3.20. The number of aliphatic hydroxyl groups excluding tert-OH is 2. The second kappa shape index (κ2) is 19.7. The summed E-state index contributed by atoms with van der Waals surface area (Å²) in [6, 6.07) is -0.0931. The van der Waals surface area contributed by atoms with Gasteiger partial charge in [-0.3, -0.25) is 4.79 Å². The SMILES string of the molecule is CCCCCCCCCCCCCCCC(=O)NC(CCO)CCO. The molecule has 0 rings (SSSR count). The minimum atomic E-state index is -0.0931. The van der Waals surface area contributed by atoms with Crippen molar-refractivity contribution in [1.82, 2.24) is 5.32 Å². The number of carbonyl (C=O) groups is 1. The van der Waals surface area contributed by atoms with Gasteiger partial charge in [-0.15, -0.1) is 0 Å². The summed E-state index contributed by atoms with van der Waals surface area (Å²) in [6.07, 6.45) is 18.6. The first-order valence-electron chi connectivity index (χ1n) is 10.8. The Kier molecular flexibility index (Phi) is 19.2. The van der Waals surface area contributed by atoms with E-state index in [-0.39, 0.29) is 25.2 Å². The third-order valence-corrected chi connectivity index (χ3v) is 4.83. The van der Waals surface area contributed by atoms with E-state index in [0.29, 0.717) is 19.3 Å². The maximum absolute atomic E-state index is 11.8. The van der Waals surface area contributed by atoms with Crippen LogP contribution in [0.4, 0.5) is 0 Å². The summed E-state index contributed by atoms with van der Waals surface area (Å²) in [5, 5.41) is 20.8. The lowest BCUT2D eigenvalue weighted by molar-refractivity contribution is -0.122. The predicted molar refractivity (Wildman–Crippen MR) is 106 cm³/mol. The predicted octanol–water partition coefficient (Wildman–Crippen LogP) is 4.72. The van der Waals surface area contributed by atoms with E-state index in [1.54, 1.807) is 0 Å². The van der Waals surface area contributed by atoms with Gasteiger partial charge in [0.2, 0.25) is 5.91 Å². The van der Waals surface area contributed by atoms with Crippen LogP contribution in [0.15, 0.2) is 0 Å². The first-order chi connectivity index (χ1) is 12.2. The number of rotatable bonds is 19. The van der Waals surface area contributed by atoms with E-state index >= 15 is 0 Å². The molecular formula is C21H43NO3. The molecule has 0 atom stereocenters.